The third kappa shape index (κ3) is 2.87. The van der Waals surface area contributed by atoms with Gasteiger partial charge in [0.25, 0.3) is 0 Å². The van der Waals surface area contributed by atoms with Crippen molar-refractivity contribution in [3.63, 3.8) is 0 Å². The topological polar surface area (TPSA) is 21.4 Å². The van der Waals surface area contributed by atoms with Crippen LogP contribution in [0.2, 0.25) is 5.02 Å². The number of rotatable bonds is 3. The molecule has 1 N–H and O–H groups in total. The first kappa shape index (κ1) is 11.2. The van der Waals surface area contributed by atoms with Crippen LogP contribution in [0.3, 0.4) is 0 Å². The number of halogens is 1. The Kier molecular flexibility index (Phi) is 3.65. The molecule has 0 radical (unpaired) electrons. The summed E-state index contributed by atoms with van der Waals surface area (Å²) in [5.74, 6) is 0. The van der Waals surface area contributed by atoms with Gasteiger partial charge in [-0.2, -0.15) is 0 Å². The minimum absolute atomic E-state index is 0.745. The number of carbonyl (C=O) groups excluding carboxylic acids is 1. The number of benzene rings is 2. The van der Waals surface area contributed by atoms with Crippen LogP contribution in [0.25, 0.3) is 0 Å². The second-order valence-electron chi connectivity index (χ2n) is 3.25. The molecule has 16 heavy (non-hydrogen) atoms. The summed E-state index contributed by atoms with van der Waals surface area (Å²) in [6, 6.07) is 15.4. The molecule has 0 bridgehead atoms. The van der Waals surface area contributed by atoms with E-state index in [2.05, 4.69) is 0 Å². The first-order chi connectivity index (χ1) is 7.78. The van der Waals surface area contributed by atoms with E-state index in [-0.39, 0.29) is 0 Å². The lowest BCUT2D eigenvalue weighted by Crippen LogP contribution is -1.79. The largest absolute Gasteiger partial charge is 0.312 e. The van der Waals surface area contributed by atoms with Crippen molar-refractivity contribution in [3.05, 3.63) is 59.1 Å². The van der Waals surface area contributed by atoms with Crippen LogP contribution in [0.5, 0.6) is 0 Å². The highest BCUT2D eigenvalue weighted by Gasteiger charge is 1.98. The summed E-state index contributed by atoms with van der Waals surface area (Å²) < 4.78 is 0. The van der Waals surface area contributed by atoms with Crippen molar-refractivity contribution in [1.82, 2.24) is 0 Å². The van der Waals surface area contributed by atoms with Crippen LogP contribution < -0.4 is 0 Å². The molecular weight excluding hydrogens is 240 g/mol. The van der Waals surface area contributed by atoms with Gasteiger partial charge in [-0.25, -0.2) is 0 Å². The fourth-order valence-electron chi connectivity index (χ4n) is 1.26. The van der Waals surface area contributed by atoms with E-state index in [1.807, 2.05) is 48.5 Å². The van der Waals surface area contributed by atoms with Gasteiger partial charge in [0.05, 0.1) is 5.56 Å². The highest BCUT2D eigenvalue weighted by Crippen LogP contribution is 2.28. The maximum Gasteiger partial charge on any atom is 0.312 e. The first-order valence-electron chi connectivity index (χ1n) is 4.79. The van der Waals surface area contributed by atoms with Gasteiger partial charge in [0, 0.05) is 14.8 Å². The number of aldehydes is 1. The third-order valence-electron chi connectivity index (χ3n) is 2.08. The van der Waals surface area contributed by atoms with Crippen LogP contribution in [-0.2, 0) is 0 Å². The molecule has 1 nitrogen and oxygen atoms in total. The second-order valence-corrected chi connectivity index (χ2v) is 4.84. The minimum atomic E-state index is 0.745. The molecule has 0 aliphatic carbocycles. The SMILES string of the molecule is [OH+]=Cc1ccc(Sc2ccc(Cl)cc2)cc1. The summed E-state index contributed by atoms with van der Waals surface area (Å²) in [6.07, 6.45) is 1.09. The van der Waals surface area contributed by atoms with Crippen LogP contribution in [0.1, 0.15) is 5.56 Å². The first-order valence-corrected chi connectivity index (χ1v) is 5.98. The maximum absolute atomic E-state index is 8.80. The Hall–Kier alpha value is -1.25. The van der Waals surface area contributed by atoms with Crippen molar-refractivity contribution in [2.24, 2.45) is 0 Å². The molecule has 80 valence electrons. The van der Waals surface area contributed by atoms with E-state index in [0.717, 1.165) is 26.7 Å². The smallest absolute Gasteiger partial charge is 0.281 e. The average molecular weight is 250 g/mol. The van der Waals surface area contributed by atoms with Gasteiger partial charge in [0.15, 0.2) is 0 Å². The number of hydrogen-bond donors (Lipinski definition) is 0. The van der Waals surface area contributed by atoms with Gasteiger partial charge < -0.3 is 0 Å². The molecule has 2 aromatic carbocycles. The van der Waals surface area contributed by atoms with Gasteiger partial charge in [-0.3, -0.25) is 4.79 Å². The van der Waals surface area contributed by atoms with E-state index >= 15 is 0 Å². The standard InChI is InChI=1S/C13H9ClOS/c14-11-3-7-13(8-4-11)16-12-5-1-10(9-15)2-6-12/h1-9H/p+1. The molecule has 0 fully saturated rings. The van der Waals surface area contributed by atoms with Crippen LogP contribution in [-0.4, -0.2) is 11.1 Å². The molecule has 0 saturated carbocycles. The molecule has 0 aromatic heterocycles. The van der Waals surface area contributed by atoms with Gasteiger partial charge in [0.1, 0.15) is 0 Å². The molecule has 0 unspecified atom stereocenters. The molecule has 0 aliphatic rings. The fourth-order valence-corrected chi connectivity index (χ4v) is 2.20. The lowest BCUT2D eigenvalue weighted by Gasteiger charge is -2.01. The van der Waals surface area contributed by atoms with Crippen LogP contribution >= 0.6 is 23.4 Å². The highest BCUT2D eigenvalue weighted by atomic mass is 35.5. The Morgan fingerprint density at radius 3 is 1.88 bits per heavy atom. The zero-order chi connectivity index (χ0) is 11.4. The van der Waals surface area contributed by atoms with Gasteiger partial charge in [-0.05, 0) is 48.5 Å². The zero-order valence-corrected chi connectivity index (χ0v) is 10.0. The van der Waals surface area contributed by atoms with Crippen molar-refractivity contribution in [1.29, 1.82) is 0 Å². The summed E-state index contributed by atoms with van der Waals surface area (Å²) in [5, 5.41) is 0.745. The number of hydrogen-bond acceptors (Lipinski definition) is 1. The second kappa shape index (κ2) is 5.19. The Morgan fingerprint density at radius 2 is 1.38 bits per heavy atom. The van der Waals surface area contributed by atoms with Gasteiger partial charge in [-0.1, -0.05) is 23.4 Å². The third-order valence-corrected chi connectivity index (χ3v) is 3.35. The normalized spacial score (nSPS) is 10.1. The van der Waals surface area contributed by atoms with E-state index in [9.17, 15) is 0 Å². The molecule has 2 aromatic rings. The van der Waals surface area contributed by atoms with E-state index in [4.69, 9.17) is 16.4 Å². The van der Waals surface area contributed by atoms with Gasteiger partial charge in [-0.15, -0.1) is 0 Å². The Morgan fingerprint density at radius 1 is 0.875 bits per heavy atom. The van der Waals surface area contributed by atoms with Gasteiger partial charge in [0.2, 0.25) is 0 Å². The lowest BCUT2D eigenvalue weighted by atomic mass is 10.2. The van der Waals surface area contributed by atoms with E-state index < -0.39 is 0 Å². The Bertz CT molecular complexity index is 476. The fraction of sp³-hybridized carbons (Fsp3) is 0. The molecule has 0 aliphatic heterocycles. The van der Waals surface area contributed by atoms with Crippen molar-refractivity contribution >= 4 is 29.6 Å². The predicted molar refractivity (Wildman–Crippen MR) is 69.1 cm³/mol. The molecule has 0 atom stereocenters. The summed E-state index contributed by atoms with van der Waals surface area (Å²) in [6.45, 7) is 0. The van der Waals surface area contributed by atoms with Crippen LogP contribution in [0.15, 0.2) is 58.3 Å². The zero-order valence-electron chi connectivity index (χ0n) is 8.43. The monoisotopic (exact) mass is 249 g/mol. The molecular formula is C13H10ClOS+. The summed E-state index contributed by atoms with van der Waals surface area (Å²) in [7, 11) is 0. The quantitative estimate of drug-likeness (QED) is 0.595. The van der Waals surface area contributed by atoms with Crippen molar-refractivity contribution in [3.8, 4) is 0 Å². The minimum Gasteiger partial charge on any atom is -0.281 e. The average Bonchev–Trinajstić information content (AvgIpc) is 2.33. The van der Waals surface area contributed by atoms with Crippen molar-refractivity contribution in [2.75, 3.05) is 0 Å². The predicted octanol–water partition coefficient (Wildman–Crippen LogP) is 4.01. The van der Waals surface area contributed by atoms with Crippen molar-refractivity contribution in [2.45, 2.75) is 9.79 Å². The molecule has 0 saturated heterocycles. The molecule has 2 rings (SSSR count). The molecule has 3 heteroatoms. The summed E-state index contributed by atoms with van der Waals surface area (Å²) in [5.41, 5.74) is 0.806. The highest BCUT2D eigenvalue weighted by molar-refractivity contribution is 7.99. The molecule has 0 amide bonds. The van der Waals surface area contributed by atoms with E-state index in [0.29, 0.717) is 0 Å². The van der Waals surface area contributed by atoms with Crippen LogP contribution in [0, 0.1) is 0 Å². The lowest BCUT2D eigenvalue weighted by molar-refractivity contribution is 0.695. The van der Waals surface area contributed by atoms with Crippen molar-refractivity contribution < 1.29 is 4.79 Å². The summed E-state index contributed by atoms with van der Waals surface area (Å²) >= 11 is 7.47. The summed E-state index contributed by atoms with van der Waals surface area (Å²) in [4.78, 5) is 11.1. The van der Waals surface area contributed by atoms with Gasteiger partial charge >= 0.3 is 6.29 Å². The van der Waals surface area contributed by atoms with E-state index in [1.54, 1.807) is 11.8 Å². The van der Waals surface area contributed by atoms with Crippen LogP contribution in [0.4, 0.5) is 0 Å². The van der Waals surface area contributed by atoms with E-state index in [1.165, 1.54) is 0 Å². The Balaban J connectivity index is 2.14. The molecule has 0 heterocycles. The molecule has 0 spiro atoms. The Labute approximate surface area is 103 Å². The maximum atomic E-state index is 8.80.